The quantitative estimate of drug-likeness (QED) is 0.0181. The normalized spacial score (nSPS) is 24.0. The van der Waals surface area contributed by atoms with Crippen molar-refractivity contribution in [3.63, 3.8) is 0 Å². The van der Waals surface area contributed by atoms with E-state index < -0.39 is 252 Å². The topological polar surface area (TPSA) is 263 Å². The molecule has 0 aromatic heterocycles. The summed E-state index contributed by atoms with van der Waals surface area (Å²) < 4.78 is 312. The van der Waals surface area contributed by atoms with Gasteiger partial charge in [0, 0.05) is 27.9 Å². The van der Waals surface area contributed by atoms with Gasteiger partial charge < -0.3 is 47.4 Å². The maximum atomic E-state index is 14.0. The van der Waals surface area contributed by atoms with Crippen molar-refractivity contribution in [3.8, 4) is 0 Å². The molecular formula is C95H134F20O20. The van der Waals surface area contributed by atoms with Crippen molar-refractivity contribution in [1.29, 1.82) is 0 Å². The molecule has 13 atom stereocenters. The van der Waals surface area contributed by atoms with Crippen LogP contribution < -0.4 is 0 Å². The average Bonchev–Trinajstić information content (AvgIpc) is 1.07. The molecule has 13 unspecified atom stereocenters. The zero-order valence-corrected chi connectivity index (χ0v) is 78.6. The van der Waals surface area contributed by atoms with E-state index in [9.17, 15) is 136 Å². The van der Waals surface area contributed by atoms with Crippen molar-refractivity contribution < 1.29 is 183 Å². The summed E-state index contributed by atoms with van der Waals surface area (Å²) in [5, 5.41) is 0. The first-order valence-corrected chi connectivity index (χ1v) is 46.0. The van der Waals surface area contributed by atoms with E-state index in [1.54, 1.807) is 0 Å². The lowest BCUT2D eigenvalue weighted by Crippen LogP contribution is -2.51. The summed E-state index contributed by atoms with van der Waals surface area (Å²) in [6.45, 7) is 24.2. The van der Waals surface area contributed by atoms with Gasteiger partial charge in [-0.05, 0) is 259 Å². The molecule has 774 valence electrons. The Morgan fingerprint density at radius 3 is 0.704 bits per heavy atom. The second-order valence-electron chi connectivity index (χ2n) is 38.8. The smallest absolute Gasteiger partial charge is 0.422 e. The molecule has 9 fully saturated rings. The third-order valence-corrected chi connectivity index (χ3v) is 26.1. The molecule has 0 N–H and O–H groups in total. The van der Waals surface area contributed by atoms with Gasteiger partial charge in [0.2, 0.25) is 28.3 Å². The standard InChI is InChI=1S/C22H30F4O4.C19H26F4O4.C19H28F4O4.C18H26F4O4.C17H24F4O4/c1-13(2)18(27)29-12-17(4-5-20(3,23)22(24,25)26)30-19(28)21-9-14-6-15(10-21)8-16(7-14)11-21;1-11(2)16(24)26-10-14(6-7-18(3,20)19(21,22)23)27-17(25)15-9-12-4-5-13(15)8-12;1-13(2)16(24)26-12-15(10-11-18(3,20)19(21,22)23)27-17(25)14-8-6-4-5-7-9-14;1-12(2)15(23)25-11-14(9-10-17(3,19)18(20,21)22)26-16(24)13-7-5-4-6-8-13;1-11(2)14(22)24-10-13(8-9-16(3,18)17(19,20)21)25-15(23)12-6-4-5-7-12/h14-17H,1,4-12H2,2-3H3;12-15H,1,4-10H2,2-3H3;14-15H,1,4-12H2,2-3H3;13-14H,1,4-11H2,2-3H3;12-13H,1,4-10H2,2-3H3. The van der Waals surface area contributed by atoms with Crippen molar-refractivity contribution in [1.82, 2.24) is 0 Å². The highest BCUT2D eigenvalue weighted by Crippen LogP contribution is 2.61. The number of halogens is 20. The molecule has 0 aromatic carbocycles. The maximum Gasteiger partial charge on any atom is 0.422 e. The minimum atomic E-state index is -5.03. The van der Waals surface area contributed by atoms with Crippen LogP contribution in [0.25, 0.3) is 0 Å². The predicted molar refractivity (Wildman–Crippen MR) is 452 cm³/mol. The number of rotatable bonds is 40. The molecule has 0 aromatic rings. The van der Waals surface area contributed by atoms with Crippen LogP contribution in [0.1, 0.15) is 294 Å². The molecule has 40 heteroatoms. The highest BCUT2D eigenvalue weighted by Gasteiger charge is 2.59. The largest absolute Gasteiger partial charge is 0.459 e. The van der Waals surface area contributed by atoms with Crippen LogP contribution in [-0.2, 0) is 95.3 Å². The summed E-state index contributed by atoms with van der Waals surface area (Å²) in [5.41, 5.74) is -17.1. The van der Waals surface area contributed by atoms with E-state index in [0.29, 0.717) is 103 Å². The molecule has 9 saturated carbocycles. The Bertz CT molecular complexity index is 3920. The van der Waals surface area contributed by atoms with Crippen LogP contribution in [0.2, 0.25) is 0 Å². The van der Waals surface area contributed by atoms with E-state index in [-0.39, 0.29) is 57.5 Å². The average molecular weight is 1980 g/mol. The molecule has 9 rings (SSSR count). The molecule has 0 radical (unpaired) electrons. The number of hydrogen-bond acceptors (Lipinski definition) is 20. The zero-order valence-electron chi connectivity index (χ0n) is 78.6. The van der Waals surface area contributed by atoms with Gasteiger partial charge in [-0.25, -0.2) is 45.9 Å². The van der Waals surface area contributed by atoms with E-state index in [1.807, 2.05) is 0 Å². The van der Waals surface area contributed by atoms with Crippen molar-refractivity contribution in [3.05, 3.63) is 60.8 Å². The molecule has 0 heterocycles. The molecule has 135 heavy (non-hydrogen) atoms. The van der Waals surface area contributed by atoms with Crippen LogP contribution >= 0.6 is 0 Å². The van der Waals surface area contributed by atoms with Gasteiger partial charge in [-0.1, -0.05) is 97.1 Å². The second-order valence-corrected chi connectivity index (χ2v) is 38.8. The molecule has 6 bridgehead atoms. The van der Waals surface area contributed by atoms with Crippen molar-refractivity contribution in [2.75, 3.05) is 33.0 Å². The van der Waals surface area contributed by atoms with E-state index in [0.717, 1.165) is 116 Å². The molecular weight excluding hydrogens is 1840 g/mol. The van der Waals surface area contributed by atoms with Crippen LogP contribution in [0.3, 0.4) is 0 Å². The van der Waals surface area contributed by atoms with Gasteiger partial charge in [0.05, 0.1) is 29.1 Å². The van der Waals surface area contributed by atoms with Crippen LogP contribution in [0.4, 0.5) is 87.8 Å². The van der Waals surface area contributed by atoms with Crippen molar-refractivity contribution in [2.45, 2.75) is 384 Å². The van der Waals surface area contributed by atoms with Gasteiger partial charge in [0.1, 0.15) is 63.6 Å². The zero-order chi connectivity index (χ0) is 103. The Labute approximate surface area is 776 Å². The number of hydrogen-bond donors (Lipinski definition) is 0. The fourth-order valence-electron chi connectivity index (χ4n) is 17.4. The fraction of sp³-hybridized carbons (Fsp3) is 0.789. The Kier molecular flexibility index (Phi) is 45.8. The van der Waals surface area contributed by atoms with E-state index in [2.05, 4.69) is 32.9 Å². The maximum absolute atomic E-state index is 14.0. The van der Waals surface area contributed by atoms with Crippen molar-refractivity contribution >= 4 is 59.7 Å². The monoisotopic (exact) mass is 1970 g/mol. The SMILES string of the molecule is C=C(C)C(=O)OCC(CCC(C)(F)C(F)(F)F)OC(=O)C12CC3CC(CC(C3)C1)C2.C=C(C)C(=O)OCC(CCC(C)(F)C(F)(F)F)OC(=O)C1CC2CCC1C2.C=C(C)C(=O)OCC(CCC(C)(F)C(F)(F)F)OC(=O)C1CCCC1.C=C(C)C(=O)OCC(CCC(C)(F)C(F)(F)F)OC(=O)C1CCCCC1.C=C(C)C(=O)OCC(CCC(C)(F)C(F)(F)F)OC(=O)C1CCCCCC1. The molecule has 9 aliphatic rings. The van der Waals surface area contributed by atoms with Gasteiger partial charge in [0.15, 0.2) is 0 Å². The number of alkyl halides is 20. The Hall–Kier alpha value is -8.00. The predicted octanol–water partition coefficient (Wildman–Crippen LogP) is 23.8. The lowest BCUT2D eigenvalue weighted by Gasteiger charge is -2.55. The van der Waals surface area contributed by atoms with Crippen LogP contribution in [0.15, 0.2) is 60.8 Å². The van der Waals surface area contributed by atoms with Crippen LogP contribution in [-0.4, -0.2) is 182 Å². The van der Waals surface area contributed by atoms with E-state index in [4.69, 9.17) is 47.4 Å². The summed E-state index contributed by atoms with van der Waals surface area (Å²) in [5.74, 6) is -5.28. The number of carbonyl (C=O) groups is 10. The van der Waals surface area contributed by atoms with Gasteiger partial charge in [0.25, 0.3) is 0 Å². The van der Waals surface area contributed by atoms with Gasteiger partial charge in [-0.3, -0.25) is 24.0 Å². The van der Waals surface area contributed by atoms with Gasteiger partial charge >= 0.3 is 90.6 Å². The summed E-state index contributed by atoms with van der Waals surface area (Å²) in [4.78, 5) is 120. The second kappa shape index (κ2) is 51.8. The third-order valence-electron chi connectivity index (χ3n) is 26.1. The highest BCUT2D eigenvalue weighted by atomic mass is 19.4. The first-order chi connectivity index (χ1) is 62.0. The molecule has 0 spiro atoms. The van der Waals surface area contributed by atoms with Crippen molar-refractivity contribution in [2.24, 2.45) is 58.7 Å². The van der Waals surface area contributed by atoms with E-state index >= 15 is 0 Å². The minimum absolute atomic E-state index is 0.103. The Morgan fingerprint density at radius 1 is 0.281 bits per heavy atom. The van der Waals surface area contributed by atoms with Crippen LogP contribution in [0.5, 0.6) is 0 Å². The number of esters is 10. The third kappa shape index (κ3) is 39.3. The number of carbonyl (C=O) groups excluding carboxylic acids is 10. The minimum Gasteiger partial charge on any atom is -0.459 e. The number of fused-ring (bicyclic) bond motifs is 2. The molecule has 20 nitrogen and oxygen atoms in total. The lowest BCUT2D eigenvalue weighted by molar-refractivity contribution is -0.228. The summed E-state index contributed by atoms with van der Waals surface area (Å²) in [6, 6.07) is 0. The first-order valence-electron chi connectivity index (χ1n) is 46.0. The molecule has 0 amide bonds. The summed E-state index contributed by atoms with van der Waals surface area (Å²) in [6.07, 6.45) is -15.8. The fourth-order valence-corrected chi connectivity index (χ4v) is 17.4. The Balaban J connectivity index is 0.000000353. The molecule has 0 saturated heterocycles. The molecule has 0 aliphatic heterocycles. The summed E-state index contributed by atoms with van der Waals surface area (Å²) >= 11 is 0. The summed E-state index contributed by atoms with van der Waals surface area (Å²) in [7, 11) is 0. The number of ether oxygens (including phenoxy) is 10. The van der Waals surface area contributed by atoms with Gasteiger partial charge in [-0.2, -0.15) is 65.9 Å². The van der Waals surface area contributed by atoms with Gasteiger partial charge in [-0.15, -0.1) is 0 Å². The van der Waals surface area contributed by atoms with E-state index in [1.165, 1.54) is 34.6 Å². The first kappa shape index (κ1) is 119. The lowest BCUT2D eigenvalue weighted by atomic mass is 9.49. The van der Waals surface area contributed by atoms with Crippen LogP contribution in [0, 0.1) is 58.7 Å². The molecule has 9 aliphatic carbocycles. The highest BCUT2D eigenvalue weighted by molar-refractivity contribution is 5.89. The Morgan fingerprint density at radius 2 is 0.496 bits per heavy atom.